The summed E-state index contributed by atoms with van der Waals surface area (Å²) in [5, 5.41) is 17.4. The van der Waals surface area contributed by atoms with Gasteiger partial charge in [-0.3, -0.25) is 9.67 Å². The lowest BCUT2D eigenvalue weighted by atomic mass is 9.86. The minimum absolute atomic E-state index is 0.0712. The zero-order valence-electron chi connectivity index (χ0n) is 10.6. The SMILES string of the molecule is O[C@H]1CCCC[C@@H]1c1n[nH]c(=S)n1-c1ccccc1. The van der Waals surface area contributed by atoms with Crippen LogP contribution in [0.5, 0.6) is 0 Å². The molecule has 5 heteroatoms. The molecule has 0 radical (unpaired) electrons. The second-order valence-corrected chi connectivity index (χ2v) is 5.40. The van der Waals surface area contributed by atoms with Crippen LogP contribution in [0.4, 0.5) is 0 Å². The van der Waals surface area contributed by atoms with Crippen molar-refractivity contribution in [3.63, 3.8) is 0 Å². The van der Waals surface area contributed by atoms with Crippen molar-refractivity contribution >= 4 is 12.2 Å². The van der Waals surface area contributed by atoms with Crippen molar-refractivity contribution < 1.29 is 5.11 Å². The Hall–Kier alpha value is -1.46. The lowest BCUT2D eigenvalue weighted by Crippen LogP contribution is -2.25. The summed E-state index contributed by atoms with van der Waals surface area (Å²) in [6.45, 7) is 0. The van der Waals surface area contributed by atoms with Gasteiger partial charge in [-0.25, -0.2) is 0 Å². The molecule has 2 N–H and O–H groups in total. The van der Waals surface area contributed by atoms with Crippen LogP contribution in [0.25, 0.3) is 5.69 Å². The summed E-state index contributed by atoms with van der Waals surface area (Å²) in [6, 6.07) is 9.94. The van der Waals surface area contributed by atoms with Gasteiger partial charge in [0, 0.05) is 11.6 Å². The minimum atomic E-state index is -0.318. The minimum Gasteiger partial charge on any atom is -0.392 e. The van der Waals surface area contributed by atoms with Gasteiger partial charge < -0.3 is 5.11 Å². The summed E-state index contributed by atoms with van der Waals surface area (Å²) in [4.78, 5) is 0. The van der Waals surface area contributed by atoms with Gasteiger partial charge in [-0.2, -0.15) is 5.10 Å². The summed E-state index contributed by atoms with van der Waals surface area (Å²) >= 11 is 5.33. The summed E-state index contributed by atoms with van der Waals surface area (Å²) in [7, 11) is 0. The highest BCUT2D eigenvalue weighted by atomic mass is 32.1. The number of benzene rings is 1. The Morgan fingerprint density at radius 1 is 1.21 bits per heavy atom. The van der Waals surface area contributed by atoms with Gasteiger partial charge in [-0.05, 0) is 37.2 Å². The Bertz CT molecular complexity index is 605. The van der Waals surface area contributed by atoms with E-state index in [9.17, 15) is 5.11 Å². The Morgan fingerprint density at radius 2 is 1.95 bits per heavy atom. The quantitative estimate of drug-likeness (QED) is 0.829. The second-order valence-electron chi connectivity index (χ2n) is 5.02. The number of aliphatic hydroxyl groups excluding tert-OH is 1. The topological polar surface area (TPSA) is 53.8 Å². The molecule has 2 aromatic rings. The highest BCUT2D eigenvalue weighted by molar-refractivity contribution is 7.71. The molecule has 1 aromatic heterocycles. The van der Waals surface area contributed by atoms with E-state index in [0.29, 0.717) is 4.77 Å². The molecule has 3 rings (SSSR count). The van der Waals surface area contributed by atoms with E-state index in [1.807, 2.05) is 34.9 Å². The van der Waals surface area contributed by atoms with Crippen LogP contribution in [0.3, 0.4) is 0 Å². The fourth-order valence-electron chi connectivity index (χ4n) is 2.80. The first kappa shape index (κ1) is 12.6. The maximum Gasteiger partial charge on any atom is 0.199 e. The van der Waals surface area contributed by atoms with Crippen molar-refractivity contribution in [3.05, 3.63) is 40.9 Å². The van der Waals surface area contributed by atoms with Crippen LogP contribution in [-0.4, -0.2) is 26.0 Å². The van der Waals surface area contributed by atoms with Crippen molar-refractivity contribution in [3.8, 4) is 5.69 Å². The molecule has 19 heavy (non-hydrogen) atoms. The van der Waals surface area contributed by atoms with E-state index in [-0.39, 0.29) is 12.0 Å². The molecule has 1 aliphatic carbocycles. The molecule has 0 unspecified atom stereocenters. The zero-order valence-corrected chi connectivity index (χ0v) is 11.4. The molecule has 1 saturated carbocycles. The predicted octanol–water partition coefficient (Wildman–Crippen LogP) is 2.95. The number of rotatable bonds is 2. The van der Waals surface area contributed by atoms with Crippen LogP contribution >= 0.6 is 12.2 Å². The Balaban J connectivity index is 2.06. The van der Waals surface area contributed by atoms with Crippen molar-refractivity contribution in [1.29, 1.82) is 0 Å². The van der Waals surface area contributed by atoms with E-state index >= 15 is 0 Å². The maximum absolute atomic E-state index is 10.2. The molecule has 4 nitrogen and oxygen atoms in total. The molecule has 1 heterocycles. The third-order valence-corrected chi connectivity index (χ3v) is 4.05. The molecule has 0 spiro atoms. The maximum atomic E-state index is 10.2. The van der Waals surface area contributed by atoms with E-state index in [0.717, 1.165) is 37.2 Å². The van der Waals surface area contributed by atoms with Crippen LogP contribution < -0.4 is 0 Å². The largest absolute Gasteiger partial charge is 0.392 e. The summed E-state index contributed by atoms with van der Waals surface area (Å²) in [5.41, 5.74) is 0.994. The van der Waals surface area contributed by atoms with E-state index in [1.165, 1.54) is 0 Å². The summed E-state index contributed by atoms with van der Waals surface area (Å²) < 4.78 is 2.52. The fraction of sp³-hybridized carbons (Fsp3) is 0.429. The number of aliphatic hydroxyl groups is 1. The van der Waals surface area contributed by atoms with E-state index in [1.54, 1.807) is 0 Å². The third kappa shape index (κ3) is 2.35. The van der Waals surface area contributed by atoms with Crippen LogP contribution in [-0.2, 0) is 0 Å². The molecule has 0 aliphatic heterocycles. The molecule has 2 atom stereocenters. The van der Waals surface area contributed by atoms with Gasteiger partial charge in [0.2, 0.25) is 0 Å². The van der Waals surface area contributed by atoms with Gasteiger partial charge in [-0.1, -0.05) is 31.0 Å². The van der Waals surface area contributed by atoms with Gasteiger partial charge in [-0.15, -0.1) is 0 Å². The molecule has 1 aromatic carbocycles. The fourth-order valence-corrected chi connectivity index (χ4v) is 3.04. The number of aromatic amines is 1. The summed E-state index contributed by atoms with van der Waals surface area (Å²) in [6.07, 6.45) is 3.72. The van der Waals surface area contributed by atoms with E-state index in [4.69, 9.17) is 12.2 Å². The molecule has 0 amide bonds. The zero-order chi connectivity index (χ0) is 13.2. The highest BCUT2D eigenvalue weighted by Gasteiger charge is 2.29. The van der Waals surface area contributed by atoms with Crippen molar-refractivity contribution in [2.75, 3.05) is 0 Å². The molecular weight excluding hydrogens is 258 g/mol. The molecular formula is C14H17N3OS. The second kappa shape index (κ2) is 5.27. The number of H-pyrrole nitrogens is 1. The Kier molecular flexibility index (Phi) is 3.48. The number of nitrogens with zero attached hydrogens (tertiary/aromatic N) is 2. The normalized spacial score (nSPS) is 23.4. The van der Waals surface area contributed by atoms with Crippen molar-refractivity contribution in [2.24, 2.45) is 0 Å². The van der Waals surface area contributed by atoms with Gasteiger partial charge in [0.25, 0.3) is 0 Å². The molecule has 0 bridgehead atoms. The van der Waals surface area contributed by atoms with E-state index < -0.39 is 0 Å². The van der Waals surface area contributed by atoms with Crippen LogP contribution in [0.15, 0.2) is 30.3 Å². The standard InChI is InChI=1S/C14H17N3OS/c18-12-9-5-4-8-11(12)13-15-16-14(19)17(13)10-6-2-1-3-7-10/h1-3,6-7,11-12,18H,4-5,8-9H2,(H,16,19)/t11-,12-/m0/s1. The molecule has 1 aliphatic rings. The number of aromatic nitrogens is 3. The molecule has 100 valence electrons. The van der Waals surface area contributed by atoms with Crippen LogP contribution in [0, 0.1) is 4.77 Å². The first-order valence-electron chi connectivity index (χ1n) is 6.68. The third-order valence-electron chi connectivity index (χ3n) is 3.77. The number of hydrogen-bond donors (Lipinski definition) is 2. The average Bonchev–Trinajstić information content (AvgIpc) is 2.82. The molecule has 1 fully saturated rings. The van der Waals surface area contributed by atoms with Crippen LogP contribution in [0.1, 0.15) is 37.4 Å². The highest BCUT2D eigenvalue weighted by Crippen LogP contribution is 2.33. The predicted molar refractivity (Wildman–Crippen MR) is 76.0 cm³/mol. The number of nitrogens with one attached hydrogen (secondary N) is 1. The van der Waals surface area contributed by atoms with Gasteiger partial charge in [0.1, 0.15) is 5.82 Å². The lowest BCUT2D eigenvalue weighted by molar-refractivity contribution is 0.102. The monoisotopic (exact) mass is 275 g/mol. The Morgan fingerprint density at radius 3 is 2.68 bits per heavy atom. The smallest absolute Gasteiger partial charge is 0.199 e. The summed E-state index contributed by atoms with van der Waals surface area (Å²) in [5.74, 6) is 0.922. The van der Waals surface area contributed by atoms with Crippen LogP contribution in [0.2, 0.25) is 0 Å². The number of para-hydroxylation sites is 1. The first-order chi connectivity index (χ1) is 9.27. The molecule has 0 saturated heterocycles. The van der Waals surface area contributed by atoms with Gasteiger partial charge >= 0.3 is 0 Å². The average molecular weight is 275 g/mol. The van der Waals surface area contributed by atoms with Gasteiger partial charge in [0.15, 0.2) is 4.77 Å². The van der Waals surface area contributed by atoms with Gasteiger partial charge in [0.05, 0.1) is 6.10 Å². The first-order valence-corrected chi connectivity index (χ1v) is 7.09. The number of hydrogen-bond acceptors (Lipinski definition) is 3. The Labute approximate surface area is 117 Å². The van der Waals surface area contributed by atoms with E-state index in [2.05, 4.69) is 10.2 Å². The van der Waals surface area contributed by atoms with Crippen molar-refractivity contribution in [1.82, 2.24) is 14.8 Å². The lowest BCUT2D eigenvalue weighted by Gasteiger charge is -2.27. The van der Waals surface area contributed by atoms with Crippen molar-refractivity contribution in [2.45, 2.75) is 37.7 Å².